The normalized spacial score (nSPS) is 12.1. The van der Waals surface area contributed by atoms with Crippen molar-refractivity contribution < 1.29 is 5.11 Å². The number of nitriles is 1. The molecule has 0 radical (unpaired) electrons. The van der Waals surface area contributed by atoms with Crippen LogP contribution in [0.4, 0.5) is 0 Å². The Morgan fingerprint density at radius 1 is 1.57 bits per heavy atom. The van der Waals surface area contributed by atoms with E-state index in [4.69, 9.17) is 16.1 Å². The molecule has 0 aliphatic rings. The van der Waals surface area contributed by atoms with Crippen LogP contribution in [0.25, 0.3) is 0 Å². The molecule has 1 aromatic rings. The fraction of sp³-hybridized carbons (Fsp3) is 0.364. The van der Waals surface area contributed by atoms with Crippen LogP contribution in [-0.2, 0) is 6.42 Å². The quantitative estimate of drug-likeness (QED) is 0.750. The van der Waals surface area contributed by atoms with E-state index in [1.807, 2.05) is 19.1 Å². The molecule has 0 heterocycles. The number of hydrogen-bond acceptors (Lipinski definition) is 3. The van der Waals surface area contributed by atoms with Crippen molar-refractivity contribution in [2.24, 2.45) is 5.73 Å². The predicted molar refractivity (Wildman–Crippen MR) is 54.5 cm³/mol. The summed E-state index contributed by atoms with van der Waals surface area (Å²) in [6.07, 6.45) is 0.818. The molecule has 0 aliphatic heterocycles. The third kappa shape index (κ3) is 2.11. The predicted octanol–water partition coefficient (Wildman–Crippen LogP) is 1.11. The number of benzene rings is 1. The lowest BCUT2D eigenvalue weighted by atomic mass is 9.97. The molecule has 74 valence electrons. The zero-order chi connectivity index (χ0) is 10.6. The van der Waals surface area contributed by atoms with Gasteiger partial charge in [0.1, 0.15) is 0 Å². The van der Waals surface area contributed by atoms with Gasteiger partial charge in [0.25, 0.3) is 0 Å². The van der Waals surface area contributed by atoms with Gasteiger partial charge in [-0.05, 0) is 29.7 Å². The van der Waals surface area contributed by atoms with Crippen molar-refractivity contribution in [1.29, 1.82) is 5.26 Å². The van der Waals surface area contributed by atoms with Crippen molar-refractivity contribution in [3.05, 3.63) is 34.9 Å². The van der Waals surface area contributed by atoms with Gasteiger partial charge >= 0.3 is 0 Å². The maximum atomic E-state index is 8.94. The third-order valence-electron chi connectivity index (χ3n) is 2.25. The van der Waals surface area contributed by atoms with Crippen molar-refractivity contribution in [2.75, 3.05) is 6.61 Å². The molecule has 14 heavy (non-hydrogen) atoms. The van der Waals surface area contributed by atoms with E-state index in [1.54, 1.807) is 6.07 Å². The lowest BCUT2D eigenvalue weighted by molar-refractivity contribution is 0.267. The molecule has 1 atom stereocenters. The Balaban J connectivity index is 3.13. The zero-order valence-electron chi connectivity index (χ0n) is 8.20. The third-order valence-corrected chi connectivity index (χ3v) is 2.25. The van der Waals surface area contributed by atoms with Crippen LogP contribution < -0.4 is 5.73 Å². The first-order valence-electron chi connectivity index (χ1n) is 4.62. The second kappa shape index (κ2) is 4.75. The second-order valence-corrected chi connectivity index (χ2v) is 3.17. The number of hydrogen-bond donors (Lipinski definition) is 2. The Labute approximate surface area is 83.8 Å². The monoisotopic (exact) mass is 190 g/mol. The highest BCUT2D eigenvalue weighted by molar-refractivity contribution is 5.39. The summed E-state index contributed by atoms with van der Waals surface area (Å²) in [6, 6.07) is 7.10. The van der Waals surface area contributed by atoms with Crippen LogP contribution in [0.15, 0.2) is 18.2 Å². The van der Waals surface area contributed by atoms with Crippen molar-refractivity contribution in [3.63, 3.8) is 0 Å². The Kier molecular flexibility index (Phi) is 3.63. The molecule has 0 saturated heterocycles. The fourth-order valence-electron chi connectivity index (χ4n) is 1.44. The van der Waals surface area contributed by atoms with E-state index in [1.165, 1.54) is 0 Å². The summed E-state index contributed by atoms with van der Waals surface area (Å²) < 4.78 is 0. The van der Waals surface area contributed by atoms with Gasteiger partial charge in [-0.3, -0.25) is 0 Å². The maximum absolute atomic E-state index is 8.94. The molecule has 0 aromatic heterocycles. The second-order valence-electron chi connectivity index (χ2n) is 3.17. The van der Waals surface area contributed by atoms with Crippen LogP contribution in [0.1, 0.15) is 29.7 Å². The van der Waals surface area contributed by atoms with Gasteiger partial charge in [-0.1, -0.05) is 13.0 Å². The standard InChI is InChI=1S/C11H14N2O/c1-2-9-5-8(6-12)3-4-10(9)11(13)7-14/h3-5,11,14H,2,7,13H2,1H3. The number of aliphatic hydroxyl groups excluding tert-OH is 1. The molecule has 0 saturated carbocycles. The van der Waals surface area contributed by atoms with E-state index in [2.05, 4.69) is 6.07 Å². The molecule has 0 amide bonds. The molecule has 3 N–H and O–H groups in total. The number of nitrogens with zero attached hydrogens (tertiary/aromatic N) is 1. The van der Waals surface area contributed by atoms with Crippen LogP contribution in [-0.4, -0.2) is 11.7 Å². The minimum Gasteiger partial charge on any atom is -0.394 e. The first kappa shape index (κ1) is 10.7. The smallest absolute Gasteiger partial charge is 0.0991 e. The molecule has 0 aliphatic carbocycles. The summed E-state index contributed by atoms with van der Waals surface area (Å²) in [4.78, 5) is 0. The number of nitrogens with two attached hydrogens (primary N) is 1. The van der Waals surface area contributed by atoms with Crippen molar-refractivity contribution in [2.45, 2.75) is 19.4 Å². The van der Waals surface area contributed by atoms with Crippen LogP contribution in [0.2, 0.25) is 0 Å². The van der Waals surface area contributed by atoms with Crippen LogP contribution in [0.3, 0.4) is 0 Å². The molecule has 0 spiro atoms. The summed E-state index contributed by atoms with van der Waals surface area (Å²) >= 11 is 0. The molecule has 3 heteroatoms. The van der Waals surface area contributed by atoms with Crippen LogP contribution in [0.5, 0.6) is 0 Å². The van der Waals surface area contributed by atoms with Crippen molar-refractivity contribution in [1.82, 2.24) is 0 Å². The average Bonchev–Trinajstić information content (AvgIpc) is 2.27. The molecule has 3 nitrogen and oxygen atoms in total. The molecule has 1 aromatic carbocycles. The summed E-state index contributed by atoms with van der Waals surface area (Å²) in [6.45, 7) is 1.93. The van der Waals surface area contributed by atoms with Gasteiger partial charge < -0.3 is 10.8 Å². The van der Waals surface area contributed by atoms with Gasteiger partial charge in [0.05, 0.1) is 24.3 Å². The van der Waals surface area contributed by atoms with Crippen LogP contribution in [0, 0.1) is 11.3 Å². The van der Waals surface area contributed by atoms with Gasteiger partial charge in [0.2, 0.25) is 0 Å². The van der Waals surface area contributed by atoms with E-state index in [9.17, 15) is 0 Å². The minimum absolute atomic E-state index is 0.0705. The van der Waals surface area contributed by atoms with Gasteiger partial charge in [-0.2, -0.15) is 5.26 Å². The molecule has 1 rings (SSSR count). The highest BCUT2D eigenvalue weighted by Gasteiger charge is 2.09. The van der Waals surface area contributed by atoms with Crippen molar-refractivity contribution >= 4 is 0 Å². The van der Waals surface area contributed by atoms with Gasteiger partial charge in [-0.15, -0.1) is 0 Å². The van der Waals surface area contributed by atoms with E-state index in [0.29, 0.717) is 5.56 Å². The van der Waals surface area contributed by atoms with E-state index in [-0.39, 0.29) is 12.6 Å². The Bertz CT molecular complexity index is 355. The number of rotatable bonds is 3. The molecular weight excluding hydrogens is 176 g/mol. The van der Waals surface area contributed by atoms with Gasteiger partial charge in [0.15, 0.2) is 0 Å². The number of aliphatic hydroxyl groups is 1. The largest absolute Gasteiger partial charge is 0.394 e. The summed E-state index contributed by atoms with van der Waals surface area (Å²) in [7, 11) is 0. The first-order chi connectivity index (χ1) is 6.72. The van der Waals surface area contributed by atoms with Crippen molar-refractivity contribution in [3.8, 4) is 6.07 Å². The summed E-state index contributed by atoms with van der Waals surface area (Å²) in [5.74, 6) is 0. The topological polar surface area (TPSA) is 70.0 Å². The lowest BCUT2D eigenvalue weighted by Gasteiger charge is -2.13. The minimum atomic E-state index is -0.349. The highest BCUT2D eigenvalue weighted by atomic mass is 16.3. The molecule has 1 unspecified atom stereocenters. The molecule has 0 bridgehead atoms. The SMILES string of the molecule is CCc1cc(C#N)ccc1C(N)CO. The highest BCUT2D eigenvalue weighted by Crippen LogP contribution is 2.18. The molecule has 0 fully saturated rings. The maximum Gasteiger partial charge on any atom is 0.0991 e. The van der Waals surface area contributed by atoms with E-state index in [0.717, 1.165) is 17.5 Å². The van der Waals surface area contributed by atoms with E-state index < -0.39 is 0 Å². The van der Waals surface area contributed by atoms with E-state index >= 15 is 0 Å². The Morgan fingerprint density at radius 3 is 2.79 bits per heavy atom. The Morgan fingerprint density at radius 2 is 2.29 bits per heavy atom. The van der Waals surface area contributed by atoms with Gasteiger partial charge in [0, 0.05) is 0 Å². The number of aryl methyl sites for hydroxylation is 1. The zero-order valence-corrected chi connectivity index (χ0v) is 8.20. The van der Waals surface area contributed by atoms with Crippen LogP contribution >= 0.6 is 0 Å². The average molecular weight is 190 g/mol. The Hall–Kier alpha value is -1.37. The lowest BCUT2D eigenvalue weighted by Crippen LogP contribution is -2.16. The molecular formula is C11H14N2O. The summed E-state index contributed by atoms with van der Waals surface area (Å²) in [5, 5.41) is 17.7. The fourth-order valence-corrected chi connectivity index (χ4v) is 1.44. The first-order valence-corrected chi connectivity index (χ1v) is 4.62. The van der Waals surface area contributed by atoms with Gasteiger partial charge in [-0.25, -0.2) is 0 Å². The summed E-state index contributed by atoms with van der Waals surface area (Å²) in [5.41, 5.74) is 8.32.